The van der Waals surface area contributed by atoms with E-state index in [0.29, 0.717) is 0 Å². The number of methoxy groups -OCH3 is 2. The van der Waals surface area contributed by atoms with Crippen LogP contribution in [0.25, 0.3) is 0 Å². The van der Waals surface area contributed by atoms with Gasteiger partial charge in [-0.2, -0.15) is 0 Å². The molecule has 1 rings (SSSR count). The summed E-state index contributed by atoms with van der Waals surface area (Å²) in [7, 11) is 3.39. The Bertz CT molecular complexity index is 292. The van der Waals surface area contributed by atoms with Gasteiger partial charge in [0.05, 0.1) is 7.11 Å². The fourth-order valence-corrected chi connectivity index (χ4v) is 1.44. The van der Waals surface area contributed by atoms with Gasteiger partial charge in [-0.25, -0.2) is 4.98 Å². The molecule has 0 bridgehead atoms. The highest BCUT2D eigenvalue weighted by atomic mass is 16.5. The maximum atomic E-state index is 5.20. The molecule has 0 aromatic carbocycles. The molecule has 4 heteroatoms. The van der Waals surface area contributed by atoms with Crippen molar-refractivity contribution in [1.29, 1.82) is 0 Å². The molecule has 0 radical (unpaired) electrons. The molecule has 1 N–H and O–H groups in total. The molecule has 1 heterocycles. The Labute approximate surface area is 97.0 Å². The summed E-state index contributed by atoms with van der Waals surface area (Å²) in [5, 5.41) is 3.26. The number of hydrogen-bond donors (Lipinski definition) is 1. The molecule has 0 unspecified atom stereocenters. The summed E-state index contributed by atoms with van der Waals surface area (Å²) in [6.45, 7) is 1.75. The van der Waals surface area contributed by atoms with Gasteiger partial charge in [0.2, 0.25) is 0 Å². The minimum absolute atomic E-state index is 0.791. The van der Waals surface area contributed by atoms with Gasteiger partial charge >= 0.3 is 0 Å². The smallest absolute Gasteiger partial charge is 0.168 e. The van der Waals surface area contributed by atoms with Crippen molar-refractivity contribution in [2.45, 2.75) is 19.3 Å². The maximum Gasteiger partial charge on any atom is 0.168 e. The van der Waals surface area contributed by atoms with Gasteiger partial charge in [0.15, 0.2) is 11.6 Å². The van der Waals surface area contributed by atoms with Crippen LogP contribution in [0.3, 0.4) is 0 Å². The Morgan fingerprint density at radius 1 is 1.25 bits per heavy atom. The predicted octanol–water partition coefficient (Wildman–Crippen LogP) is 2.32. The zero-order chi connectivity index (χ0) is 11.6. The van der Waals surface area contributed by atoms with Gasteiger partial charge in [0, 0.05) is 26.5 Å². The van der Waals surface area contributed by atoms with Crippen molar-refractivity contribution in [3.8, 4) is 5.75 Å². The van der Waals surface area contributed by atoms with Crippen molar-refractivity contribution >= 4 is 5.82 Å². The van der Waals surface area contributed by atoms with Crippen LogP contribution in [-0.2, 0) is 4.74 Å². The molecular weight excluding hydrogens is 204 g/mol. The molecule has 16 heavy (non-hydrogen) atoms. The Morgan fingerprint density at radius 2 is 2.12 bits per heavy atom. The minimum atomic E-state index is 0.791. The molecule has 1 aromatic rings. The van der Waals surface area contributed by atoms with E-state index < -0.39 is 0 Å². The fraction of sp³-hybridized carbons (Fsp3) is 0.583. The van der Waals surface area contributed by atoms with E-state index >= 15 is 0 Å². The van der Waals surface area contributed by atoms with Crippen molar-refractivity contribution in [2.75, 3.05) is 32.7 Å². The summed E-state index contributed by atoms with van der Waals surface area (Å²) in [4.78, 5) is 4.22. The van der Waals surface area contributed by atoms with Gasteiger partial charge in [0.1, 0.15) is 0 Å². The first-order chi connectivity index (χ1) is 7.88. The monoisotopic (exact) mass is 224 g/mol. The maximum absolute atomic E-state index is 5.20. The number of nitrogens with one attached hydrogen (secondary N) is 1. The number of pyridine rings is 1. The first kappa shape index (κ1) is 12.8. The van der Waals surface area contributed by atoms with Crippen LogP contribution in [0.15, 0.2) is 18.3 Å². The van der Waals surface area contributed by atoms with E-state index in [1.807, 2.05) is 12.1 Å². The zero-order valence-corrected chi connectivity index (χ0v) is 10.0. The molecule has 90 valence electrons. The second kappa shape index (κ2) is 7.93. The standard InChI is InChI=1S/C12H20N2O2/c1-15-10-5-3-4-8-13-12-11(16-2)7-6-9-14-12/h6-7,9H,3-5,8,10H2,1-2H3,(H,13,14). The number of nitrogens with zero attached hydrogens (tertiary/aromatic N) is 1. The van der Waals surface area contributed by atoms with Crippen molar-refractivity contribution in [2.24, 2.45) is 0 Å². The highest BCUT2D eigenvalue weighted by Gasteiger charge is 2.00. The van der Waals surface area contributed by atoms with Crippen LogP contribution in [0, 0.1) is 0 Å². The molecule has 0 fully saturated rings. The zero-order valence-electron chi connectivity index (χ0n) is 10.0. The number of aromatic nitrogens is 1. The minimum Gasteiger partial charge on any atom is -0.493 e. The second-order valence-electron chi connectivity index (χ2n) is 3.53. The SMILES string of the molecule is COCCCCCNc1ncccc1OC. The molecular formula is C12H20N2O2. The fourth-order valence-electron chi connectivity index (χ4n) is 1.44. The Hall–Kier alpha value is -1.29. The van der Waals surface area contributed by atoms with Crippen LogP contribution in [0.2, 0.25) is 0 Å². The third kappa shape index (κ3) is 4.49. The summed E-state index contributed by atoms with van der Waals surface area (Å²) in [6, 6.07) is 3.77. The number of rotatable bonds is 8. The highest BCUT2D eigenvalue weighted by molar-refractivity contribution is 5.49. The predicted molar refractivity (Wildman–Crippen MR) is 65.0 cm³/mol. The van der Waals surface area contributed by atoms with Crippen LogP contribution < -0.4 is 10.1 Å². The molecule has 0 spiro atoms. The van der Waals surface area contributed by atoms with Crippen molar-refractivity contribution in [3.63, 3.8) is 0 Å². The van der Waals surface area contributed by atoms with Crippen molar-refractivity contribution < 1.29 is 9.47 Å². The summed E-state index contributed by atoms with van der Waals surface area (Å²) in [6.07, 6.45) is 5.15. The first-order valence-corrected chi connectivity index (χ1v) is 5.60. The normalized spacial score (nSPS) is 10.1. The molecule has 0 saturated heterocycles. The number of hydrogen-bond acceptors (Lipinski definition) is 4. The highest BCUT2D eigenvalue weighted by Crippen LogP contribution is 2.19. The summed E-state index contributed by atoms with van der Waals surface area (Å²) >= 11 is 0. The largest absolute Gasteiger partial charge is 0.493 e. The Morgan fingerprint density at radius 3 is 2.88 bits per heavy atom. The molecule has 0 atom stereocenters. The quantitative estimate of drug-likeness (QED) is 0.688. The average Bonchev–Trinajstić information content (AvgIpc) is 2.34. The number of ether oxygens (including phenoxy) is 2. The summed E-state index contributed by atoms with van der Waals surface area (Å²) < 4.78 is 10.2. The van der Waals surface area contributed by atoms with Crippen molar-refractivity contribution in [3.05, 3.63) is 18.3 Å². The van der Waals surface area contributed by atoms with E-state index in [0.717, 1.165) is 44.0 Å². The van der Waals surface area contributed by atoms with Crippen LogP contribution in [0.5, 0.6) is 5.75 Å². The van der Waals surface area contributed by atoms with E-state index in [2.05, 4.69) is 10.3 Å². The Kier molecular flexibility index (Phi) is 6.33. The van der Waals surface area contributed by atoms with E-state index in [-0.39, 0.29) is 0 Å². The lowest BCUT2D eigenvalue weighted by molar-refractivity contribution is 0.192. The molecule has 1 aromatic heterocycles. The first-order valence-electron chi connectivity index (χ1n) is 5.60. The lowest BCUT2D eigenvalue weighted by Crippen LogP contribution is -2.05. The van der Waals surface area contributed by atoms with Gasteiger partial charge in [-0.15, -0.1) is 0 Å². The van der Waals surface area contributed by atoms with E-state index in [1.165, 1.54) is 0 Å². The second-order valence-corrected chi connectivity index (χ2v) is 3.53. The topological polar surface area (TPSA) is 43.4 Å². The van der Waals surface area contributed by atoms with Gasteiger partial charge in [-0.1, -0.05) is 0 Å². The van der Waals surface area contributed by atoms with Gasteiger partial charge in [-0.3, -0.25) is 0 Å². The van der Waals surface area contributed by atoms with Gasteiger partial charge in [-0.05, 0) is 31.4 Å². The number of anilines is 1. The third-order valence-electron chi connectivity index (χ3n) is 2.31. The molecule has 0 aliphatic carbocycles. The van der Waals surface area contributed by atoms with Gasteiger partial charge < -0.3 is 14.8 Å². The van der Waals surface area contributed by atoms with Crippen LogP contribution in [0.4, 0.5) is 5.82 Å². The molecule has 0 amide bonds. The summed E-state index contributed by atoms with van der Waals surface area (Å²) in [5.41, 5.74) is 0. The van der Waals surface area contributed by atoms with Crippen LogP contribution >= 0.6 is 0 Å². The van der Waals surface area contributed by atoms with Crippen LogP contribution in [-0.4, -0.2) is 32.4 Å². The molecule has 4 nitrogen and oxygen atoms in total. The lowest BCUT2D eigenvalue weighted by Gasteiger charge is -2.09. The molecule has 0 saturated carbocycles. The summed E-state index contributed by atoms with van der Waals surface area (Å²) in [5.74, 6) is 1.61. The van der Waals surface area contributed by atoms with E-state index in [1.54, 1.807) is 20.4 Å². The van der Waals surface area contributed by atoms with Gasteiger partial charge in [0.25, 0.3) is 0 Å². The Balaban J connectivity index is 2.21. The number of unbranched alkanes of at least 4 members (excludes halogenated alkanes) is 2. The molecule has 0 aliphatic heterocycles. The molecule has 0 aliphatic rings. The lowest BCUT2D eigenvalue weighted by atomic mass is 10.2. The van der Waals surface area contributed by atoms with Crippen LogP contribution in [0.1, 0.15) is 19.3 Å². The third-order valence-corrected chi connectivity index (χ3v) is 2.31. The van der Waals surface area contributed by atoms with E-state index in [4.69, 9.17) is 9.47 Å². The average molecular weight is 224 g/mol. The van der Waals surface area contributed by atoms with Crippen molar-refractivity contribution in [1.82, 2.24) is 4.98 Å². The van der Waals surface area contributed by atoms with E-state index in [9.17, 15) is 0 Å².